The van der Waals surface area contributed by atoms with E-state index in [1.165, 1.54) is 18.4 Å². The highest BCUT2D eigenvalue weighted by Gasteiger charge is 2.45. The zero-order valence-electron chi connectivity index (χ0n) is 11.6. The van der Waals surface area contributed by atoms with E-state index in [1.807, 2.05) is 6.07 Å². The summed E-state index contributed by atoms with van der Waals surface area (Å²) in [7, 11) is 0. The van der Waals surface area contributed by atoms with Gasteiger partial charge in [-0.05, 0) is 50.4 Å². The topological polar surface area (TPSA) is 41.1 Å². The van der Waals surface area contributed by atoms with Gasteiger partial charge in [-0.3, -0.25) is 4.79 Å². The molecule has 1 saturated carbocycles. The van der Waals surface area contributed by atoms with Crippen LogP contribution in [0.25, 0.3) is 0 Å². The second-order valence-electron chi connectivity index (χ2n) is 6.00. The Hall–Kier alpha value is -0.870. The van der Waals surface area contributed by atoms with Crippen molar-refractivity contribution >= 4 is 21.8 Å². The molecule has 3 rings (SSSR count). The van der Waals surface area contributed by atoms with Crippen molar-refractivity contribution in [2.75, 3.05) is 19.6 Å². The van der Waals surface area contributed by atoms with Crippen molar-refractivity contribution < 1.29 is 4.79 Å². The van der Waals surface area contributed by atoms with Gasteiger partial charge in [0.05, 0.1) is 0 Å². The first-order valence-corrected chi connectivity index (χ1v) is 8.24. The second-order valence-corrected chi connectivity index (χ2v) is 6.86. The number of carbonyl (C=O) groups is 1. The molecule has 4 heteroatoms. The van der Waals surface area contributed by atoms with E-state index < -0.39 is 0 Å². The van der Waals surface area contributed by atoms with E-state index in [4.69, 9.17) is 0 Å². The summed E-state index contributed by atoms with van der Waals surface area (Å²) in [5, 5.41) is 6.49. The number of hydrogen-bond donors (Lipinski definition) is 2. The fourth-order valence-corrected chi connectivity index (χ4v) is 3.77. The van der Waals surface area contributed by atoms with Crippen molar-refractivity contribution in [1.82, 2.24) is 10.6 Å². The molecule has 0 unspecified atom stereocenters. The van der Waals surface area contributed by atoms with Crippen molar-refractivity contribution in [1.29, 1.82) is 0 Å². The minimum absolute atomic E-state index is 0.169. The summed E-state index contributed by atoms with van der Waals surface area (Å²) in [6.45, 7) is 2.71. The molecule has 0 aromatic heterocycles. The molecule has 1 aromatic carbocycles. The zero-order valence-corrected chi connectivity index (χ0v) is 13.2. The molecule has 1 aliphatic carbocycles. The maximum atomic E-state index is 12.2. The summed E-state index contributed by atoms with van der Waals surface area (Å²) in [5.74, 6) is 0.441. The summed E-state index contributed by atoms with van der Waals surface area (Å²) in [6.07, 6.45) is 4.27. The van der Waals surface area contributed by atoms with Crippen LogP contribution < -0.4 is 10.6 Å². The van der Waals surface area contributed by atoms with Gasteiger partial charge in [0, 0.05) is 22.4 Å². The van der Waals surface area contributed by atoms with Gasteiger partial charge in [-0.2, -0.15) is 0 Å². The summed E-state index contributed by atoms with van der Waals surface area (Å²) < 4.78 is 1.16. The molecule has 0 spiro atoms. The summed E-state index contributed by atoms with van der Waals surface area (Å²) in [6, 6.07) is 8.38. The van der Waals surface area contributed by atoms with Gasteiger partial charge in [0.1, 0.15) is 0 Å². The standard InChI is InChI=1S/C16H21BrN2O/c17-14-4-2-1-3-13(14)16(7-8-16)11-19-15(20)12-5-9-18-10-6-12/h1-4,12,18H,5-11H2,(H,19,20). The first kappa shape index (κ1) is 14.1. The number of carbonyl (C=O) groups excluding carboxylic acids is 1. The normalized spacial score (nSPS) is 21.4. The van der Waals surface area contributed by atoms with Crippen molar-refractivity contribution in [2.45, 2.75) is 31.1 Å². The average molecular weight is 337 g/mol. The van der Waals surface area contributed by atoms with Crippen LogP contribution in [0.1, 0.15) is 31.2 Å². The Morgan fingerprint density at radius 3 is 2.65 bits per heavy atom. The molecule has 3 nitrogen and oxygen atoms in total. The molecule has 1 saturated heterocycles. The van der Waals surface area contributed by atoms with Gasteiger partial charge in [0.15, 0.2) is 0 Å². The van der Waals surface area contributed by atoms with E-state index >= 15 is 0 Å². The van der Waals surface area contributed by atoms with Crippen molar-refractivity contribution in [3.05, 3.63) is 34.3 Å². The molecule has 2 fully saturated rings. The number of benzene rings is 1. The van der Waals surface area contributed by atoms with Gasteiger partial charge in [-0.1, -0.05) is 34.1 Å². The van der Waals surface area contributed by atoms with Crippen LogP contribution in [0.2, 0.25) is 0 Å². The molecule has 20 heavy (non-hydrogen) atoms. The number of hydrogen-bond acceptors (Lipinski definition) is 2. The maximum absolute atomic E-state index is 12.2. The van der Waals surface area contributed by atoms with Crippen LogP contribution in [0, 0.1) is 5.92 Å². The minimum atomic E-state index is 0.169. The van der Waals surface area contributed by atoms with Gasteiger partial charge < -0.3 is 10.6 Å². The molecule has 1 amide bonds. The smallest absolute Gasteiger partial charge is 0.223 e. The highest BCUT2D eigenvalue weighted by atomic mass is 79.9. The van der Waals surface area contributed by atoms with Gasteiger partial charge >= 0.3 is 0 Å². The SMILES string of the molecule is O=C(NCC1(c2ccccc2Br)CC1)C1CCNCC1. The fourth-order valence-electron chi connectivity index (χ4n) is 3.07. The van der Waals surface area contributed by atoms with Crippen molar-refractivity contribution in [3.63, 3.8) is 0 Å². The Balaban J connectivity index is 1.60. The molecule has 2 aliphatic rings. The lowest BCUT2D eigenvalue weighted by Gasteiger charge is -2.24. The number of piperidine rings is 1. The molecular weight excluding hydrogens is 316 g/mol. The quantitative estimate of drug-likeness (QED) is 0.887. The lowest BCUT2D eigenvalue weighted by atomic mass is 9.94. The van der Waals surface area contributed by atoms with E-state index in [0.29, 0.717) is 0 Å². The Morgan fingerprint density at radius 1 is 1.30 bits per heavy atom. The zero-order chi connectivity index (χ0) is 14.0. The molecule has 1 heterocycles. The fraction of sp³-hybridized carbons (Fsp3) is 0.562. The number of halogens is 1. The van der Waals surface area contributed by atoms with Gasteiger partial charge in [0.2, 0.25) is 5.91 Å². The van der Waals surface area contributed by atoms with Gasteiger partial charge in [-0.25, -0.2) is 0 Å². The van der Waals surface area contributed by atoms with Crippen LogP contribution in [-0.2, 0) is 10.2 Å². The van der Waals surface area contributed by atoms with E-state index in [9.17, 15) is 4.79 Å². The predicted molar refractivity (Wildman–Crippen MR) is 83.7 cm³/mol. The Kier molecular flexibility index (Phi) is 4.13. The van der Waals surface area contributed by atoms with Crippen LogP contribution in [-0.4, -0.2) is 25.5 Å². The monoisotopic (exact) mass is 336 g/mol. The highest BCUT2D eigenvalue weighted by Crippen LogP contribution is 2.49. The summed E-state index contributed by atoms with van der Waals surface area (Å²) >= 11 is 3.63. The molecular formula is C16H21BrN2O. The third-order valence-electron chi connectivity index (χ3n) is 4.61. The van der Waals surface area contributed by atoms with Gasteiger partial charge in [-0.15, -0.1) is 0 Å². The van der Waals surface area contributed by atoms with E-state index in [1.54, 1.807) is 0 Å². The predicted octanol–water partition coefficient (Wildman–Crippen LogP) is 2.60. The third-order valence-corrected chi connectivity index (χ3v) is 5.30. The van der Waals surface area contributed by atoms with Crippen molar-refractivity contribution in [2.24, 2.45) is 5.92 Å². The van der Waals surface area contributed by atoms with Crippen LogP contribution in [0.3, 0.4) is 0 Å². The summed E-state index contributed by atoms with van der Waals surface area (Å²) in [4.78, 5) is 12.2. The van der Waals surface area contributed by atoms with Crippen LogP contribution in [0.5, 0.6) is 0 Å². The largest absolute Gasteiger partial charge is 0.355 e. The van der Waals surface area contributed by atoms with Gasteiger partial charge in [0.25, 0.3) is 0 Å². The van der Waals surface area contributed by atoms with E-state index in [-0.39, 0.29) is 17.2 Å². The summed E-state index contributed by atoms with van der Waals surface area (Å²) in [5.41, 5.74) is 1.51. The lowest BCUT2D eigenvalue weighted by Crippen LogP contribution is -2.41. The van der Waals surface area contributed by atoms with Crippen molar-refractivity contribution in [3.8, 4) is 0 Å². The third kappa shape index (κ3) is 2.91. The van der Waals surface area contributed by atoms with Crippen LogP contribution >= 0.6 is 15.9 Å². The molecule has 1 aliphatic heterocycles. The molecule has 1 aromatic rings. The second kappa shape index (κ2) is 5.86. The Labute approximate surface area is 128 Å². The average Bonchev–Trinajstić information content (AvgIpc) is 3.27. The Morgan fingerprint density at radius 2 is 2.00 bits per heavy atom. The number of amides is 1. The Bertz CT molecular complexity index is 493. The highest BCUT2D eigenvalue weighted by molar-refractivity contribution is 9.10. The molecule has 0 bridgehead atoms. The lowest BCUT2D eigenvalue weighted by molar-refractivity contribution is -0.125. The molecule has 0 atom stereocenters. The first-order valence-electron chi connectivity index (χ1n) is 7.45. The molecule has 0 radical (unpaired) electrons. The molecule has 2 N–H and O–H groups in total. The van der Waals surface area contributed by atoms with Crippen LogP contribution in [0.15, 0.2) is 28.7 Å². The molecule has 108 valence electrons. The van der Waals surface area contributed by atoms with Crippen LogP contribution in [0.4, 0.5) is 0 Å². The van der Waals surface area contributed by atoms with E-state index in [2.05, 4.69) is 44.8 Å². The first-order chi connectivity index (χ1) is 9.71. The maximum Gasteiger partial charge on any atom is 0.223 e. The number of rotatable bonds is 4. The number of nitrogens with one attached hydrogen (secondary N) is 2. The minimum Gasteiger partial charge on any atom is -0.355 e. The van der Waals surface area contributed by atoms with E-state index in [0.717, 1.165) is 36.9 Å².